The van der Waals surface area contributed by atoms with Gasteiger partial charge in [-0.3, -0.25) is 9.89 Å². The van der Waals surface area contributed by atoms with E-state index in [1.165, 1.54) is 11.8 Å². The first-order chi connectivity index (χ1) is 12.5. The van der Waals surface area contributed by atoms with Gasteiger partial charge < -0.3 is 4.74 Å². The lowest BCUT2D eigenvalue weighted by Crippen LogP contribution is -2.15. The summed E-state index contributed by atoms with van der Waals surface area (Å²) >= 11 is 1.36. The Morgan fingerprint density at radius 3 is 2.58 bits per heavy atom. The molecule has 0 radical (unpaired) electrons. The van der Waals surface area contributed by atoms with Crippen LogP contribution in [0.2, 0.25) is 0 Å². The number of ether oxygens (including phenoxy) is 1. The molecule has 1 N–H and O–H groups in total. The van der Waals surface area contributed by atoms with Crippen molar-refractivity contribution in [3.05, 3.63) is 59.2 Å². The molecule has 5 nitrogen and oxygen atoms in total. The fourth-order valence-electron chi connectivity index (χ4n) is 2.61. The van der Waals surface area contributed by atoms with Crippen LogP contribution in [-0.2, 0) is 0 Å². The van der Waals surface area contributed by atoms with Crippen LogP contribution in [0.1, 0.15) is 28.4 Å². The zero-order chi connectivity index (χ0) is 18.7. The maximum absolute atomic E-state index is 12.8. The SMILES string of the molecule is COc1ccc(-c2nc(S[C@@H](C)C(=O)c3cc(C)ccc3C)n[nH]2)cc1. The second kappa shape index (κ2) is 7.74. The maximum Gasteiger partial charge on any atom is 0.209 e. The Kier molecular flexibility index (Phi) is 5.42. The van der Waals surface area contributed by atoms with Gasteiger partial charge in [0, 0.05) is 11.1 Å². The van der Waals surface area contributed by atoms with Crippen LogP contribution in [0.25, 0.3) is 11.4 Å². The topological polar surface area (TPSA) is 67.9 Å². The predicted octanol–water partition coefficient (Wildman–Crippen LogP) is 4.46. The maximum atomic E-state index is 12.8. The van der Waals surface area contributed by atoms with Crippen LogP contribution in [0.5, 0.6) is 5.75 Å². The van der Waals surface area contributed by atoms with Gasteiger partial charge in [0.05, 0.1) is 12.4 Å². The summed E-state index contributed by atoms with van der Waals surface area (Å²) in [6.07, 6.45) is 0. The molecule has 1 aromatic heterocycles. The van der Waals surface area contributed by atoms with Gasteiger partial charge in [0.15, 0.2) is 11.6 Å². The van der Waals surface area contributed by atoms with Crippen LogP contribution >= 0.6 is 11.8 Å². The van der Waals surface area contributed by atoms with Crippen LogP contribution in [0, 0.1) is 13.8 Å². The second-order valence-corrected chi connectivity index (χ2v) is 7.45. The minimum atomic E-state index is -0.269. The number of hydrogen-bond acceptors (Lipinski definition) is 5. The predicted molar refractivity (Wildman–Crippen MR) is 104 cm³/mol. The van der Waals surface area contributed by atoms with Crippen LogP contribution in [-0.4, -0.2) is 33.3 Å². The van der Waals surface area contributed by atoms with E-state index in [0.717, 1.165) is 28.0 Å². The van der Waals surface area contributed by atoms with E-state index in [2.05, 4.69) is 15.2 Å². The molecule has 0 aliphatic carbocycles. The normalized spacial score (nSPS) is 12.0. The monoisotopic (exact) mass is 367 g/mol. The summed E-state index contributed by atoms with van der Waals surface area (Å²) in [5.74, 6) is 1.55. The van der Waals surface area contributed by atoms with Crippen molar-refractivity contribution in [1.29, 1.82) is 0 Å². The van der Waals surface area contributed by atoms with E-state index in [1.54, 1.807) is 7.11 Å². The number of benzene rings is 2. The van der Waals surface area contributed by atoms with E-state index >= 15 is 0 Å². The number of carbonyl (C=O) groups is 1. The molecular weight excluding hydrogens is 346 g/mol. The standard InChI is InChI=1S/C20H21N3O2S/c1-12-5-6-13(2)17(11-12)18(24)14(3)26-20-21-19(22-23-20)15-7-9-16(25-4)10-8-15/h5-11,14H,1-4H3,(H,21,22,23)/t14-/m0/s1. The zero-order valence-corrected chi connectivity index (χ0v) is 16.1. The Morgan fingerprint density at radius 1 is 1.15 bits per heavy atom. The highest BCUT2D eigenvalue weighted by molar-refractivity contribution is 8.00. The van der Waals surface area contributed by atoms with Crippen molar-refractivity contribution < 1.29 is 9.53 Å². The number of aromatic amines is 1. The van der Waals surface area contributed by atoms with Gasteiger partial charge in [0.1, 0.15) is 5.75 Å². The van der Waals surface area contributed by atoms with Gasteiger partial charge in [-0.2, -0.15) is 0 Å². The van der Waals surface area contributed by atoms with E-state index in [1.807, 2.05) is 63.2 Å². The molecule has 134 valence electrons. The Bertz CT molecular complexity index is 919. The summed E-state index contributed by atoms with van der Waals surface area (Å²) in [5, 5.41) is 7.45. The molecule has 0 unspecified atom stereocenters. The number of H-pyrrole nitrogens is 1. The molecule has 2 aromatic carbocycles. The third-order valence-corrected chi connectivity index (χ3v) is 5.10. The van der Waals surface area contributed by atoms with Crippen molar-refractivity contribution in [3.63, 3.8) is 0 Å². The van der Waals surface area contributed by atoms with E-state index in [-0.39, 0.29) is 11.0 Å². The van der Waals surface area contributed by atoms with Crippen molar-refractivity contribution in [2.45, 2.75) is 31.2 Å². The van der Waals surface area contributed by atoms with Crippen molar-refractivity contribution >= 4 is 17.5 Å². The number of Topliss-reactive ketones (excluding diaryl/α,β-unsaturated/α-hetero) is 1. The minimum Gasteiger partial charge on any atom is -0.497 e. The highest BCUT2D eigenvalue weighted by Gasteiger charge is 2.20. The van der Waals surface area contributed by atoms with Crippen molar-refractivity contribution in [1.82, 2.24) is 15.2 Å². The Morgan fingerprint density at radius 2 is 1.88 bits per heavy atom. The van der Waals surface area contributed by atoms with Crippen molar-refractivity contribution in [3.8, 4) is 17.1 Å². The number of nitrogens with one attached hydrogen (secondary N) is 1. The molecule has 0 amide bonds. The molecule has 3 rings (SSSR count). The molecule has 3 aromatic rings. The summed E-state index contributed by atoms with van der Waals surface area (Å²) in [6.45, 7) is 5.83. The summed E-state index contributed by atoms with van der Waals surface area (Å²) in [5.41, 5.74) is 3.74. The number of aryl methyl sites for hydroxylation is 2. The molecular formula is C20H21N3O2S. The van der Waals surface area contributed by atoms with Gasteiger partial charge in [-0.15, -0.1) is 5.10 Å². The van der Waals surface area contributed by atoms with Crippen LogP contribution in [0.4, 0.5) is 0 Å². The molecule has 6 heteroatoms. The molecule has 0 aliphatic heterocycles. The summed E-state index contributed by atoms with van der Waals surface area (Å²) in [4.78, 5) is 17.3. The van der Waals surface area contributed by atoms with E-state index in [0.29, 0.717) is 11.0 Å². The quantitative estimate of drug-likeness (QED) is 0.514. The number of thioether (sulfide) groups is 1. The smallest absolute Gasteiger partial charge is 0.209 e. The van der Waals surface area contributed by atoms with Crippen LogP contribution < -0.4 is 4.74 Å². The minimum absolute atomic E-state index is 0.0898. The van der Waals surface area contributed by atoms with E-state index in [4.69, 9.17) is 4.74 Å². The largest absolute Gasteiger partial charge is 0.497 e. The number of hydrogen-bond donors (Lipinski definition) is 1. The highest BCUT2D eigenvalue weighted by Crippen LogP contribution is 2.26. The first kappa shape index (κ1) is 18.2. The lowest BCUT2D eigenvalue weighted by molar-refractivity contribution is 0.0993. The fraction of sp³-hybridized carbons (Fsp3) is 0.250. The number of nitrogens with zero attached hydrogens (tertiary/aromatic N) is 2. The average molecular weight is 367 g/mol. The third kappa shape index (κ3) is 3.96. The van der Waals surface area contributed by atoms with Gasteiger partial charge in [-0.05, 0) is 56.7 Å². The second-order valence-electron chi connectivity index (χ2n) is 6.14. The third-order valence-electron chi connectivity index (χ3n) is 4.14. The van der Waals surface area contributed by atoms with Crippen molar-refractivity contribution in [2.24, 2.45) is 0 Å². The first-order valence-electron chi connectivity index (χ1n) is 8.33. The lowest BCUT2D eigenvalue weighted by atomic mass is 10.0. The van der Waals surface area contributed by atoms with Crippen LogP contribution in [0.3, 0.4) is 0 Å². The molecule has 0 aliphatic rings. The number of methoxy groups -OCH3 is 1. The van der Waals surface area contributed by atoms with Gasteiger partial charge in [-0.25, -0.2) is 4.98 Å². The molecule has 0 spiro atoms. The molecule has 1 heterocycles. The van der Waals surface area contributed by atoms with Gasteiger partial charge in [-0.1, -0.05) is 29.5 Å². The lowest BCUT2D eigenvalue weighted by Gasteiger charge is -2.11. The van der Waals surface area contributed by atoms with E-state index < -0.39 is 0 Å². The van der Waals surface area contributed by atoms with Crippen molar-refractivity contribution in [2.75, 3.05) is 7.11 Å². The Labute approximate surface area is 157 Å². The number of ketones is 1. The Balaban J connectivity index is 1.73. The molecule has 0 fully saturated rings. The molecule has 26 heavy (non-hydrogen) atoms. The molecule has 0 saturated heterocycles. The molecule has 0 bridgehead atoms. The molecule has 1 atom stereocenters. The summed E-state index contributed by atoms with van der Waals surface area (Å²) in [6, 6.07) is 13.5. The Hall–Kier alpha value is -2.60. The summed E-state index contributed by atoms with van der Waals surface area (Å²) < 4.78 is 5.16. The first-order valence-corrected chi connectivity index (χ1v) is 9.21. The van der Waals surface area contributed by atoms with E-state index in [9.17, 15) is 4.79 Å². The highest BCUT2D eigenvalue weighted by atomic mass is 32.2. The fourth-order valence-corrected chi connectivity index (χ4v) is 3.40. The number of aromatic nitrogens is 3. The van der Waals surface area contributed by atoms with Gasteiger partial charge in [0.25, 0.3) is 0 Å². The molecule has 0 saturated carbocycles. The van der Waals surface area contributed by atoms with Gasteiger partial charge in [0.2, 0.25) is 5.16 Å². The number of rotatable bonds is 6. The zero-order valence-electron chi connectivity index (χ0n) is 15.2. The number of carbonyl (C=O) groups excluding carboxylic acids is 1. The average Bonchev–Trinajstić information content (AvgIpc) is 3.11. The van der Waals surface area contributed by atoms with Crippen LogP contribution in [0.15, 0.2) is 47.6 Å². The van der Waals surface area contributed by atoms with Gasteiger partial charge >= 0.3 is 0 Å². The summed E-state index contributed by atoms with van der Waals surface area (Å²) in [7, 11) is 1.63.